The Hall–Kier alpha value is -2.05. The van der Waals surface area contributed by atoms with Crippen LogP contribution in [0.5, 0.6) is 11.6 Å². The van der Waals surface area contributed by atoms with E-state index in [1.54, 1.807) is 18.2 Å². The lowest BCUT2D eigenvalue weighted by atomic mass is 10.1. The fourth-order valence-electron chi connectivity index (χ4n) is 2.30. The Kier molecular flexibility index (Phi) is 3.57. The molecule has 0 spiro atoms. The van der Waals surface area contributed by atoms with Gasteiger partial charge in [0.15, 0.2) is 0 Å². The summed E-state index contributed by atoms with van der Waals surface area (Å²) in [5.74, 6) is 0.803. The molecule has 2 aromatic rings. The number of H-pyrrole nitrogens is 1. The van der Waals surface area contributed by atoms with Crippen molar-refractivity contribution in [2.45, 2.75) is 19.9 Å². The van der Waals surface area contributed by atoms with E-state index in [-0.39, 0.29) is 11.9 Å². The zero-order valence-electron chi connectivity index (χ0n) is 11.7. The number of aromatic nitrogens is 2. The molecule has 0 radical (unpaired) electrons. The van der Waals surface area contributed by atoms with E-state index in [1.165, 1.54) is 0 Å². The molecular formula is C14H15ClN4O2. The maximum absolute atomic E-state index is 11.9. The second kappa shape index (κ2) is 5.38. The highest BCUT2D eigenvalue weighted by molar-refractivity contribution is 6.32. The van der Waals surface area contributed by atoms with E-state index in [1.807, 2.05) is 13.8 Å². The van der Waals surface area contributed by atoms with Gasteiger partial charge in [0.05, 0.1) is 5.02 Å². The molecule has 0 bridgehead atoms. The summed E-state index contributed by atoms with van der Waals surface area (Å²) in [6.07, 6.45) is 0. The van der Waals surface area contributed by atoms with E-state index in [0.29, 0.717) is 28.9 Å². The zero-order valence-corrected chi connectivity index (χ0v) is 12.4. The maximum Gasteiger partial charge on any atom is 0.246 e. The highest BCUT2D eigenvalue weighted by Crippen LogP contribution is 2.39. The van der Waals surface area contributed by atoms with Crippen LogP contribution in [0.25, 0.3) is 0 Å². The molecule has 6 nitrogen and oxygen atoms in total. The van der Waals surface area contributed by atoms with Crippen LogP contribution in [0.2, 0.25) is 5.02 Å². The lowest BCUT2D eigenvalue weighted by Crippen LogP contribution is -2.27. The Morgan fingerprint density at radius 2 is 2.24 bits per heavy atom. The van der Waals surface area contributed by atoms with Gasteiger partial charge in [-0.3, -0.25) is 9.89 Å². The first-order valence-corrected chi connectivity index (χ1v) is 7.04. The maximum atomic E-state index is 11.9. The molecule has 1 atom stereocenters. The predicted octanol–water partition coefficient (Wildman–Crippen LogP) is 2.77. The fourth-order valence-corrected chi connectivity index (χ4v) is 2.52. The number of amides is 1. The van der Waals surface area contributed by atoms with Crippen molar-refractivity contribution in [2.24, 2.45) is 0 Å². The molecule has 21 heavy (non-hydrogen) atoms. The second-order valence-electron chi connectivity index (χ2n) is 4.84. The molecule has 1 aromatic heterocycles. The van der Waals surface area contributed by atoms with E-state index in [4.69, 9.17) is 16.3 Å². The third-order valence-corrected chi connectivity index (χ3v) is 3.54. The average molecular weight is 307 g/mol. The third kappa shape index (κ3) is 2.59. The van der Waals surface area contributed by atoms with Gasteiger partial charge in [-0.25, -0.2) is 0 Å². The van der Waals surface area contributed by atoms with Crippen LogP contribution in [-0.2, 0) is 4.79 Å². The molecule has 0 fully saturated rings. The number of hydrogen-bond acceptors (Lipinski definition) is 4. The zero-order chi connectivity index (χ0) is 15.0. The largest absolute Gasteiger partial charge is 0.436 e. The van der Waals surface area contributed by atoms with E-state index in [2.05, 4.69) is 20.8 Å². The van der Waals surface area contributed by atoms with E-state index >= 15 is 0 Å². The van der Waals surface area contributed by atoms with Crippen molar-refractivity contribution in [1.82, 2.24) is 15.5 Å². The van der Waals surface area contributed by atoms with Crippen molar-refractivity contribution in [3.63, 3.8) is 0 Å². The van der Waals surface area contributed by atoms with Crippen molar-refractivity contribution in [3.05, 3.63) is 34.5 Å². The fraction of sp³-hybridized carbons (Fsp3) is 0.286. The van der Waals surface area contributed by atoms with Gasteiger partial charge in [-0.05, 0) is 19.5 Å². The first-order chi connectivity index (χ1) is 10.1. The molecule has 110 valence electrons. The topological polar surface area (TPSA) is 79.0 Å². The Labute approximate surface area is 126 Å². The number of aryl methyl sites for hydroxylation is 1. The summed E-state index contributed by atoms with van der Waals surface area (Å²) in [5.41, 5.74) is 2.43. The van der Waals surface area contributed by atoms with Gasteiger partial charge in [-0.2, -0.15) is 0 Å². The Bertz CT molecular complexity index is 698. The highest BCUT2D eigenvalue weighted by atomic mass is 35.5. The number of benzene rings is 1. The monoisotopic (exact) mass is 306 g/mol. The van der Waals surface area contributed by atoms with Gasteiger partial charge >= 0.3 is 0 Å². The quantitative estimate of drug-likeness (QED) is 0.811. The summed E-state index contributed by atoms with van der Waals surface area (Å²) in [6, 6.07) is 4.86. The number of carbonyl (C=O) groups is 1. The van der Waals surface area contributed by atoms with Gasteiger partial charge in [-0.15, -0.1) is 5.10 Å². The minimum Gasteiger partial charge on any atom is -0.436 e. The van der Waals surface area contributed by atoms with E-state index in [9.17, 15) is 4.79 Å². The first-order valence-electron chi connectivity index (χ1n) is 6.66. The van der Waals surface area contributed by atoms with Crippen LogP contribution >= 0.6 is 11.6 Å². The molecule has 0 saturated carbocycles. The molecule has 1 aliphatic heterocycles. The number of aromatic amines is 1. The van der Waals surface area contributed by atoms with Crippen LogP contribution in [0.15, 0.2) is 18.2 Å². The SMILES string of the molecule is CCNC1C(=O)Nc2cc(Oc3cc(C)[nH]n3)c(Cl)cc21. The van der Waals surface area contributed by atoms with Gasteiger partial charge in [-0.1, -0.05) is 18.5 Å². The molecule has 7 heteroatoms. The normalized spacial score (nSPS) is 16.7. The number of carbonyl (C=O) groups excluding carboxylic acids is 1. The van der Waals surface area contributed by atoms with Crippen LogP contribution in [0, 0.1) is 6.92 Å². The van der Waals surface area contributed by atoms with Crippen molar-refractivity contribution >= 4 is 23.2 Å². The Morgan fingerprint density at radius 1 is 1.43 bits per heavy atom. The molecule has 1 aliphatic rings. The van der Waals surface area contributed by atoms with E-state index < -0.39 is 0 Å². The van der Waals surface area contributed by atoms with Gasteiger partial charge in [0, 0.05) is 29.1 Å². The van der Waals surface area contributed by atoms with Gasteiger partial charge in [0.1, 0.15) is 11.8 Å². The molecule has 3 N–H and O–H groups in total. The minimum absolute atomic E-state index is 0.0873. The number of nitrogens with zero attached hydrogens (tertiary/aromatic N) is 1. The molecule has 2 heterocycles. The van der Waals surface area contributed by atoms with Crippen LogP contribution in [-0.4, -0.2) is 22.6 Å². The number of rotatable bonds is 4. The predicted molar refractivity (Wildman–Crippen MR) is 79.9 cm³/mol. The van der Waals surface area contributed by atoms with Crippen molar-refractivity contribution < 1.29 is 9.53 Å². The second-order valence-corrected chi connectivity index (χ2v) is 5.25. The number of halogens is 1. The third-order valence-electron chi connectivity index (χ3n) is 3.24. The van der Waals surface area contributed by atoms with Crippen molar-refractivity contribution in [2.75, 3.05) is 11.9 Å². The van der Waals surface area contributed by atoms with Crippen molar-refractivity contribution in [1.29, 1.82) is 0 Å². The molecule has 1 unspecified atom stereocenters. The number of hydrogen-bond donors (Lipinski definition) is 3. The number of fused-ring (bicyclic) bond motifs is 1. The summed E-state index contributed by atoms with van der Waals surface area (Å²) < 4.78 is 5.64. The standard InChI is InChI=1S/C14H15ClN4O2/c1-3-16-13-8-5-9(15)11(6-10(8)17-14(13)20)21-12-4-7(2)18-19-12/h4-6,13,16H,3H2,1-2H3,(H,17,20)(H,18,19). The molecule has 0 saturated heterocycles. The molecule has 3 rings (SSSR count). The smallest absolute Gasteiger partial charge is 0.246 e. The number of nitrogens with one attached hydrogen (secondary N) is 3. The summed E-state index contributed by atoms with van der Waals surface area (Å²) in [7, 11) is 0. The van der Waals surface area contributed by atoms with Gasteiger partial charge in [0.25, 0.3) is 0 Å². The number of likely N-dealkylation sites (N-methyl/N-ethyl adjacent to an activating group) is 1. The first kappa shape index (κ1) is 13.9. The van der Waals surface area contributed by atoms with Crippen LogP contribution in [0.3, 0.4) is 0 Å². The Morgan fingerprint density at radius 3 is 2.90 bits per heavy atom. The summed E-state index contributed by atoms with van der Waals surface area (Å²) in [5, 5.41) is 13.2. The molecule has 1 aromatic carbocycles. The van der Waals surface area contributed by atoms with Crippen molar-refractivity contribution in [3.8, 4) is 11.6 Å². The van der Waals surface area contributed by atoms with Crippen LogP contribution < -0.4 is 15.4 Å². The number of ether oxygens (including phenoxy) is 1. The number of anilines is 1. The Balaban J connectivity index is 1.92. The molecule has 0 aliphatic carbocycles. The van der Waals surface area contributed by atoms with Crippen LogP contribution in [0.1, 0.15) is 24.2 Å². The van der Waals surface area contributed by atoms with Crippen LogP contribution in [0.4, 0.5) is 5.69 Å². The summed E-state index contributed by atoms with van der Waals surface area (Å²) >= 11 is 6.25. The molecular weight excluding hydrogens is 292 g/mol. The molecule has 1 amide bonds. The minimum atomic E-state index is -0.371. The average Bonchev–Trinajstić information content (AvgIpc) is 2.96. The summed E-state index contributed by atoms with van der Waals surface area (Å²) in [6.45, 7) is 4.52. The lowest BCUT2D eigenvalue weighted by molar-refractivity contribution is -0.117. The van der Waals surface area contributed by atoms with Gasteiger partial charge < -0.3 is 15.4 Å². The van der Waals surface area contributed by atoms with E-state index in [0.717, 1.165) is 11.3 Å². The lowest BCUT2D eigenvalue weighted by Gasteiger charge is -2.11. The summed E-state index contributed by atoms with van der Waals surface area (Å²) in [4.78, 5) is 11.9. The van der Waals surface area contributed by atoms with Gasteiger partial charge in [0.2, 0.25) is 11.8 Å². The highest BCUT2D eigenvalue weighted by Gasteiger charge is 2.31.